The van der Waals surface area contributed by atoms with Crippen molar-refractivity contribution in [1.29, 1.82) is 0 Å². The average molecular weight is 182 g/mol. The number of aliphatic hydroxyl groups excluding tert-OH is 1. The van der Waals surface area contributed by atoms with Gasteiger partial charge in [0, 0.05) is 7.05 Å². The maximum Gasteiger partial charge on any atom is 0.193 e. The van der Waals surface area contributed by atoms with Crippen LogP contribution in [0.1, 0.15) is 25.8 Å². The van der Waals surface area contributed by atoms with E-state index in [0.717, 1.165) is 5.82 Å². The first-order valence-electron chi connectivity index (χ1n) is 4.26. The van der Waals surface area contributed by atoms with Gasteiger partial charge < -0.3 is 15.0 Å². The predicted octanol–water partition coefficient (Wildman–Crippen LogP) is 0.891. The molecule has 1 aromatic rings. The van der Waals surface area contributed by atoms with E-state index in [4.69, 9.17) is 0 Å². The summed E-state index contributed by atoms with van der Waals surface area (Å²) in [5.74, 6) is 0.799. The van der Waals surface area contributed by atoms with Gasteiger partial charge in [0.2, 0.25) is 0 Å². The first-order valence-corrected chi connectivity index (χ1v) is 4.26. The van der Waals surface area contributed by atoms with Crippen molar-refractivity contribution in [2.45, 2.75) is 20.1 Å². The molecule has 1 aliphatic heterocycles. The third-order valence-corrected chi connectivity index (χ3v) is 1.63. The fourth-order valence-electron chi connectivity index (χ4n) is 1.05. The van der Waals surface area contributed by atoms with Gasteiger partial charge >= 0.3 is 0 Å². The summed E-state index contributed by atoms with van der Waals surface area (Å²) in [5, 5.41) is 12.2. The molecule has 5 heteroatoms. The monoisotopic (exact) mass is 182 g/mol. The lowest BCUT2D eigenvalue weighted by Gasteiger charge is -2.11. The van der Waals surface area contributed by atoms with Crippen LogP contribution in [0.15, 0.2) is 11.3 Å². The molecule has 13 heavy (non-hydrogen) atoms. The number of imidazole rings is 1. The number of aliphatic imine (C=N–C) groups is 1. The Morgan fingerprint density at radius 1 is 1.54 bits per heavy atom. The van der Waals surface area contributed by atoms with Crippen molar-refractivity contribution >= 4 is 12.2 Å². The molecular formula is C8H14N4O. The Hall–Kier alpha value is -1.36. The van der Waals surface area contributed by atoms with Gasteiger partial charge in [0.1, 0.15) is 11.5 Å². The first-order chi connectivity index (χ1) is 6.29. The summed E-state index contributed by atoms with van der Waals surface area (Å²) >= 11 is 0. The minimum atomic E-state index is -0.813. The standard InChI is InChI=1S/C6H8N4O.C2H6/c1-10-3-9-4-5(10)7-2-8-6(4)11;1-2/h2-3,6,11H,1H3,(H,7,8);1-2H3. The second-order valence-electron chi connectivity index (χ2n) is 2.39. The molecule has 1 atom stereocenters. The Bertz CT molecular complexity index is 305. The number of hydrogen-bond acceptors (Lipinski definition) is 4. The number of rotatable bonds is 0. The Labute approximate surface area is 77.1 Å². The zero-order chi connectivity index (χ0) is 9.84. The van der Waals surface area contributed by atoms with Crippen molar-refractivity contribution in [3.8, 4) is 0 Å². The summed E-state index contributed by atoms with van der Waals surface area (Å²) in [4.78, 5) is 7.70. The van der Waals surface area contributed by atoms with E-state index in [0.29, 0.717) is 5.69 Å². The minimum Gasteiger partial charge on any atom is -0.366 e. The molecule has 0 bridgehead atoms. The number of nitrogens with one attached hydrogen (secondary N) is 1. The number of hydrogen-bond donors (Lipinski definition) is 2. The van der Waals surface area contributed by atoms with Crippen LogP contribution in [0.25, 0.3) is 0 Å². The largest absolute Gasteiger partial charge is 0.366 e. The quantitative estimate of drug-likeness (QED) is 0.626. The van der Waals surface area contributed by atoms with Crippen LogP contribution in [0.5, 0.6) is 0 Å². The highest BCUT2D eigenvalue weighted by atomic mass is 16.3. The van der Waals surface area contributed by atoms with E-state index >= 15 is 0 Å². The second kappa shape index (κ2) is 4.04. The van der Waals surface area contributed by atoms with E-state index in [-0.39, 0.29) is 0 Å². The summed E-state index contributed by atoms with van der Waals surface area (Å²) in [6.07, 6.45) is 2.29. The normalized spacial score (nSPS) is 18.3. The topological polar surface area (TPSA) is 62.4 Å². The predicted molar refractivity (Wildman–Crippen MR) is 51.6 cm³/mol. The van der Waals surface area contributed by atoms with Crippen LogP contribution in [0.3, 0.4) is 0 Å². The lowest BCUT2D eigenvalue weighted by molar-refractivity contribution is 0.184. The number of aliphatic hydroxyl groups is 1. The summed E-state index contributed by atoms with van der Waals surface area (Å²) in [6.45, 7) is 4.00. The number of nitrogens with zero attached hydrogens (tertiary/aromatic N) is 3. The summed E-state index contributed by atoms with van der Waals surface area (Å²) < 4.78 is 1.80. The van der Waals surface area contributed by atoms with Crippen LogP contribution in [0.2, 0.25) is 0 Å². The summed E-state index contributed by atoms with van der Waals surface area (Å²) in [7, 11) is 1.85. The third kappa shape index (κ3) is 1.70. The van der Waals surface area contributed by atoms with Crippen LogP contribution >= 0.6 is 0 Å². The molecule has 2 heterocycles. The molecule has 0 aromatic carbocycles. The highest BCUT2D eigenvalue weighted by molar-refractivity contribution is 5.77. The van der Waals surface area contributed by atoms with Gasteiger partial charge in [-0.2, -0.15) is 0 Å². The number of anilines is 1. The van der Waals surface area contributed by atoms with Crippen LogP contribution in [0.4, 0.5) is 5.82 Å². The van der Waals surface area contributed by atoms with E-state index in [2.05, 4.69) is 15.3 Å². The van der Waals surface area contributed by atoms with Gasteiger partial charge in [-0.1, -0.05) is 13.8 Å². The van der Waals surface area contributed by atoms with Gasteiger partial charge in [-0.15, -0.1) is 0 Å². The van der Waals surface area contributed by atoms with Crippen molar-refractivity contribution in [1.82, 2.24) is 9.55 Å². The molecule has 0 saturated carbocycles. The van der Waals surface area contributed by atoms with E-state index in [1.165, 1.54) is 6.34 Å². The van der Waals surface area contributed by atoms with Crippen LogP contribution in [0, 0.1) is 0 Å². The lowest BCUT2D eigenvalue weighted by Crippen LogP contribution is -2.11. The third-order valence-electron chi connectivity index (χ3n) is 1.63. The molecule has 1 aliphatic rings. The fourth-order valence-corrected chi connectivity index (χ4v) is 1.05. The van der Waals surface area contributed by atoms with Crippen molar-refractivity contribution in [2.75, 3.05) is 5.32 Å². The van der Waals surface area contributed by atoms with Crippen LogP contribution < -0.4 is 5.32 Å². The number of aryl methyl sites for hydroxylation is 1. The van der Waals surface area contributed by atoms with Gasteiger partial charge in [0.15, 0.2) is 6.23 Å². The summed E-state index contributed by atoms with van der Waals surface area (Å²) in [5.41, 5.74) is 0.579. The van der Waals surface area contributed by atoms with Crippen LogP contribution in [-0.4, -0.2) is 21.0 Å². The highest BCUT2D eigenvalue weighted by Crippen LogP contribution is 2.23. The van der Waals surface area contributed by atoms with Gasteiger partial charge in [-0.3, -0.25) is 0 Å². The van der Waals surface area contributed by atoms with Gasteiger partial charge in [-0.05, 0) is 0 Å². The molecule has 1 aromatic heterocycles. The molecule has 2 rings (SSSR count). The van der Waals surface area contributed by atoms with E-state index in [9.17, 15) is 5.11 Å². The second-order valence-corrected chi connectivity index (χ2v) is 2.39. The van der Waals surface area contributed by atoms with Crippen molar-refractivity contribution in [3.05, 3.63) is 12.0 Å². The molecule has 2 N–H and O–H groups in total. The molecule has 5 nitrogen and oxygen atoms in total. The zero-order valence-corrected chi connectivity index (χ0v) is 8.02. The molecule has 0 radical (unpaired) electrons. The minimum absolute atomic E-state index is 0.579. The molecule has 0 saturated heterocycles. The van der Waals surface area contributed by atoms with Crippen molar-refractivity contribution in [2.24, 2.45) is 12.0 Å². The SMILES string of the molecule is CC.Cn1cnc2c1NC=NC2O. The highest BCUT2D eigenvalue weighted by Gasteiger charge is 2.18. The van der Waals surface area contributed by atoms with Gasteiger partial charge in [-0.25, -0.2) is 9.98 Å². The molecule has 72 valence electrons. The van der Waals surface area contributed by atoms with Gasteiger partial charge in [0.25, 0.3) is 0 Å². The maximum absolute atomic E-state index is 9.26. The van der Waals surface area contributed by atoms with Gasteiger partial charge in [0.05, 0.1) is 12.7 Å². The first kappa shape index (κ1) is 9.73. The molecule has 1 unspecified atom stereocenters. The molecular weight excluding hydrogens is 168 g/mol. The Morgan fingerprint density at radius 2 is 2.23 bits per heavy atom. The summed E-state index contributed by atoms with van der Waals surface area (Å²) in [6, 6.07) is 0. The zero-order valence-electron chi connectivity index (χ0n) is 8.02. The van der Waals surface area contributed by atoms with Crippen molar-refractivity contribution < 1.29 is 5.11 Å². The van der Waals surface area contributed by atoms with E-state index in [1.807, 2.05) is 20.9 Å². The Morgan fingerprint density at radius 3 is 2.85 bits per heavy atom. The average Bonchev–Trinajstić information content (AvgIpc) is 2.53. The van der Waals surface area contributed by atoms with E-state index < -0.39 is 6.23 Å². The Balaban J connectivity index is 0.000000396. The van der Waals surface area contributed by atoms with Crippen molar-refractivity contribution in [3.63, 3.8) is 0 Å². The smallest absolute Gasteiger partial charge is 0.193 e. The van der Waals surface area contributed by atoms with Crippen LogP contribution in [-0.2, 0) is 7.05 Å². The van der Waals surface area contributed by atoms with E-state index in [1.54, 1.807) is 10.9 Å². The molecule has 0 amide bonds. The number of aromatic nitrogens is 2. The molecule has 0 spiro atoms. The Kier molecular flexibility index (Phi) is 3.02. The molecule has 0 aliphatic carbocycles. The lowest BCUT2D eigenvalue weighted by atomic mass is 10.3. The molecule has 0 fully saturated rings. The number of fused-ring (bicyclic) bond motifs is 1. The fraction of sp³-hybridized carbons (Fsp3) is 0.500. The maximum atomic E-state index is 9.26.